The Kier molecular flexibility index (Phi) is 8.42. The fourth-order valence-electron chi connectivity index (χ4n) is 9.07. The fourth-order valence-corrected chi connectivity index (χ4v) is 9.07. The molecule has 0 spiro atoms. The van der Waals surface area contributed by atoms with Gasteiger partial charge in [-0.05, 0) is 64.2 Å². The number of rotatable bonds is 7. The van der Waals surface area contributed by atoms with E-state index in [4.69, 9.17) is 15.0 Å². The first kappa shape index (κ1) is 35.5. The average molecular weight is 792 g/mol. The van der Waals surface area contributed by atoms with Crippen LogP contribution in [0.2, 0.25) is 0 Å². The molecule has 0 aliphatic heterocycles. The predicted octanol–water partition coefficient (Wildman–Crippen LogP) is 14.4. The highest BCUT2D eigenvalue weighted by Gasteiger charge is 2.22. The summed E-state index contributed by atoms with van der Waals surface area (Å²) in [6, 6.07) is 79.3. The predicted molar refractivity (Wildman–Crippen MR) is 256 cm³/mol. The number of aromatic nitrogens is 5. The van der Waals surface area contributed by atoms with Crippen molar-refractivity contribution in [2.45, 2.75) is 0 Å². The van der Waals surface area contributed by atoms with Crippen LogP contribution < -0.4 is 0 Å². The summed E-state index contributed by atoms with van der Waals surface area (Å²) in [6.07, 6.45) is 0. The van der Waals surface area contributed by atoms with Gasteiger partial charge in [-0.15, -0.1) is 0 Å². The summed E-state index contributed by atoms with van der Waals surface area (Å²) in [5.41, 5.74) is 14.3. The normalized spacial score (nSPS) is 11.5. The van der Waals surface area contributed by atoms with Crippen molar-refractivity contribution in [2.75, 3.05) is 0 Å². The van der Waals surface area contributed by atoms with Gasteiger partial charge in [-0.3, -0.25) is 4.57 Å². The lowest BCUT2D eigenvalue weighted by molar-refractivity contribution is 0.953. The van der Waals surface area contributed by atoms with Gasteiger partial charge in [0.15, 0.2) is 11.6 Å². The third-order valence-electron chi connectivity index (χ3n) is 12.0. The van der Waals surface area contributed by atoms with Crippen LogP contribution in [-0.4, -0.2) is 24.1 Å². The highest BCUT2D eigenvalue weighted by atomic mass is 15.2. The Morgan fingerprint density at radius 1 is 0.258 bits per heavy atom. The molecule has 290 valence electrons. The molecule has 0 aliphatic rings. The van der Waals surface area contributed by atoms with Crippen molar-refractivity contribution < 1.29 is 0 Å². The van der Waals surface area contributed by atoms with E-state index in [0.29, 0.717) is 17.6 Å². The van der Waals surface area contributed by atoms with Crippen LogP contribution in [0.25, 0.3) is 111 Å². The Balaban J connectivity index is 1.07. The standard InChI is InChI=1S/C57H37N5/c1-4-17-38(18-5-1)43-23-16-24-44(35-43)39-31-33-42(34-32-39)56-58-55(41-21-8-3-9-22-41)59-57(60-56)62-52-30-15-12-27-47(52)49-36-48-46-26-11-14-29-51(46)61(53(48)37-54(49)62)50-28-13-10-25-45(50)40-19-6-2-7-20-40/h1-37H. The van der Waals surface area contributed by atoms with Crippen LogP contribution in [-0.2, 0) is 0 Å². The van der Waals surface area contributed by atoms with Crippen molar-refractivity contribution in [3.63, 3.8) is 0 Å². The van der Waals surface area contributed by atoms with E-state index in [0.717, 1.165) is 60.8 Å². The summed E-state index contributed by atoms with van der Waals surface area (Å²) in [7, 11) is 0. The molecule has 0 N–H and O–H groups in total. The Morgan fingerprint density at radius 2 is 0.710 bits per heavy atom. The second-order valence-corrected chi connectivity index (χ2v) is 15.6. The van der Waals surface area contributed by atoms with Crippen molar-refractivity contribution in [1.29, 1.82) is 0 Å². The highest BCUT2D eigenvalue weighted by Crippen LogP contribution is 2.41. The third-order valence-corrected chi connectivity index (χ3v) is 12.0. The first-order chi connectivity index (χ1) is 30.7. The van der Waals surface area contributed by atoms with Gasteiger partial charge in [-0.1, -0.05) is 188 Å². The van der Waals surface area contributed by atoms with Crippen molar-refractivity contribution in [3.05, 3.63) is 224 Å². The smallest absolute Gasteiger partial charge is 0.238 e. The lowest BCUT2D eigenvalue weighted by Gasteiger charge is -2.14. The van der Waals surface area contributed by atoms with Crippen molar-refractivity contribution in [2.24, 2.45) is 0 Å². The summed E-state index contributed by atoms with van der Waals surface area (Å²) in [6.45, 7) is 0. The fraction of sp³-hybridized carbons (Fsp3) is 0. The second-order valence-electron chi connectivity index (χ2n) is 15.6. The molecule has 0 bridgehead atoms. The lowest BCUT2D eigenvalue weighted by atomic mass is 9.98. The minimum absolute atomic E-state index is 0.561. The average Bonchev–Trinajstić information content (AvgIpc) is 3.86. The SMILES string of the molecule is c1ccc(-c2cccc(-c3ccc(-c4nc(-c5ccccc5)nc(-n5c6ccccc6c6cc7c8ccccc8n(-c8ccccc8-c8ccccc8)c7cc65)n4)cc3)c2)cc1. The summed E-state index contributed by atoms with van der Waals surface area (Å²) in [5, 5.41) is 4.66. The summed E-state index contributed by atoms with van der Waals surface area (Å²) < 4.78 is 4.63. The van der Waals surface area contributed by atoms with Crippen molar-refractivity contribution in [3.8, 4) is 67.8 Å². The topological polar surface area (TPSA) is 48.5 Å². The first-order valence-electron chi connectivity index (χ1n) is 20.9. The lowest BCUT2D eigenvalue weighted by Crippen LogP contribution is -2.06. The molecule has 12 aromatic rings. The number of hydrogen-bond acceptors (Lipinski definition) is 3. The quantitative estimate of drug-likeness (QED) is 0.162. The van der Waals surface area contributed by atoms with Crippen LogP contribution in [0.3, 0.4) is 0 Å². The number of fused-ring (bicyclic) bond motifs is 6. The maximum absolute atomic E-state index is 5.32. The van der Waals surface area contributed by atoms with E-state index in [-0.39, 0.29) is 0 Å². The molecule has 0 aliphatic carbocycles. The molecule has 62 heavy (non-hydrogen) atoms. The van der Waals surface area contributed by atoms with Gasteiger partial charge in [0.2, 0.25) is 5.95 Å². The molecule has 0 saturated heterocycles. The molecule has 0 radical (unpaired) electrons. The molecule has 0 fully saturated rings. The first-order valence-corrected chi connectivity index (χ1v) is 20.9. The second kappa shape index (κ2) is 14.7. The highest BCUT2D eigenvalue weighted by molar-refractivity contribution is 6.19. The molecule has 5 heteroatoms. The molecular formula is C57H37N5. The minimum Gasteiger partial charge on any atom is -0.309 e. The van der Waals surface area contributed by atoms with Gasteiger partial charge in [0.05, 0.1) is 27.8 Å². The van der Waals surface area contributed by atoms with Crippen LogP contribution in [0.1, 0.15) is 0 Å². The molecule has 0 unspecified atom stereocenters. The van der Waals surface area contributed by atoms with Gasteiger partial charge in [0.1, 0.15) is 0 Å². The molecule has 9 aromatic carbocycles. The number of hydrogen-bond donors (Lipinski definition) is 0. The van der Waals surface area contributed by atoms with E-state index >= 15 is 0 Å². The van der Waals surface area contributed by atoms with E-state index in [1.165, 1.54) is 33.0 Å². The van der Waals surface area contributed by atoms with Gasteiger partial charge in [-0.25, -0.2) is 4.98 Å². The Morgan fingerprint density at radius 3 is 1.35 bits per heavy atom. The third kappa shape index (κ3) is 5.98. The van der Waals surface area contributed by atoms with Crippen LogP contribution in [0, 0.1) is 0 Å². The number of benzene rings is 9. The molecule has 5 nitrogen and oxygen atoms in total. The van der Waals surface area contributed by atoms with Crippen LogP contribution in [0.4, 0.5) is 0 Å². The van der Waals surface area contributed by atoms with Gasteiger partial charge >= 0.3 is 0 Å². The summed E-state index contributed by atoms with van der Waals surface area (Å²) in [5.74, 6) is 1.78. The van der Waals surface area contributed by atoms with Gasteiger partial charge in [0, 0.05) is 38.2 Å². The van der Waals surface area contributed by atoms with Crippen LogP contribution in [0.15, 0.2) is 224 Å². The van der Waals surface area contributed by atoms with Gasteiger partial charge < -0.3 is 4.57 Å². The largest absolute Gasteiger partial charge is 0.309 e. The van der Waals surface area contributed by atoms with E-state index in [2.05, 4.69) is 215 Å². The summed E-state index contributed by atoms with van der Waals surface area (Å²) in [4.78, 5) is 15.7. The molecule has 0 atom stereocenters. The van der Waals surface area contributed by atoms with Crippen LogP contribution in [0.5, 0.6) is 0 Å². The Labute approximate surface area is 358 Å². The molecule has 3 aromatic heterocycles. The Bertz CT molecular complexity index is 3610. The molecule has 0 amide bonds. The maximum atomic E-state index is 5.32. The zero-order chi connectivity index (χ0) is 41.0. The molecule has 3 heterocycles. The monoisotopic (exact) mass is 791 g/mol. The zero-order valence-electron chi connectivity index (χ0n) is 33.6. The summed E-state index contributed by atoms with van der Waals surface area (Å²) >= 11 is 0. The molecule has 12 rings (SSSR count). The van der Waals surface area contributed by atoms with Crippen LogP contribution >= 0.6 is 0 Å². The number of para-hydroxylation sites is 3. The van der Waals surface area contributed by atoms with Crippen molar-refractivity contribution >= 4 is 43.6 Å². The zero-order valence-corrected chi connectivity index (χ0v) is 33.6. The van der Waals surface area contributed by atoms with E-state index in [1.54, 1.807) is 0 Å². The maximum Gasteiger partial charge on any atom is 0.238 e. The Hall–Kier alpha value is -8.41. The van der Waals surface area contributed by atoms with E-state index < -0.39 is 0 Å². The van der Waals surface area contributed by atoms with Gasteiger partial charge in [-0.2, -0.15) is 9.97 Å². The van der Waals surface area contributed by atoms with Crippen molar-refractivity contribution in [1.82, 2.24) is 24.1 Å². The number of nitrogens with zero attached hydrogens (tertiary/aromatic N) is 5. The molecular weight excluding hydrogens is 755 g/mol. The minimum atomic E-state index is 0.561. The van der Waals surface area contributed by atoms with Gasteiger partial charge in [0.25, 0.3) is 0 Å². The van der Waals surface area contributed by atoms with E-state index in [1.807, 2.05) is 18.2 Å². The molecule has 0 saturated carbocycles. The van der Waals surface area contributed by atoms with E-state index in [9.17, 15) is 0 Å².